The van der Waals surface area contributed by atoms with Crippen LogP contribution in [0, 0.1) is 18.8 Å². The van der Waals surface area contributed by atoms with E-state index in [-0.39, 0.29) is 0 Å². The number of hydrogen-bond donors (Lipinski definition) is 2. The van der Waals surface area contributed by atoms with Gasteiger partial charge in [0, 0.05) is 6.20 Å². The molecule has 1 saturated heterocycles. The lowest BCUT2D eigenvalue weighted by Gasteiger charge is -2.25. The van der Waals surface area contributed by atoms with E-state index < -0.39 is 30.7 Å². The van der Waals surface area contributed by atoms with E-state index in [1.54, 1.807) is 13.1 Å². The molecule has 0 unspecified atom stereocenters. The van der Waals surface area contributed by atoms with Gasteiger partial charge in [-0.1, -0.05) is 5.92 Å². The first-order chi connectivity index (χ1) is 10.9. The van der Waals surface area contributed by atoms with Gasteiger partial charge in [-0.2, -0.15) is 0 Å². The van der Waals surface area contributed by atoms with E-state index in [2.05, 4.69) is 21.8 Å². The van der Waals surface area contributed by atoms with Gasteiger partial charge in [-0.15, -0.1) is 5.92 Å². The van der Waals surface area contributed by atoms with Gasteiger partial charge in [0.1, 0.15) is 24.2 Å². The highest BCUT2D eigenvalue weighted by atomic mass is 19.1. The second-order valence-electron chi connectivity index (χ2n) is 5.79. The van der Waals surface area contributed by atoms with Crippen LogP contribution in [-0.2, 0) is 4.74 Å². The Morgan fingerprint density at radius 3 is 2.83 bits per heavy atom. The number of aryl methyl sites for hydroxylation is 1. The Hall–Kier alpha value is -2.01. The molecule has 2 aromatic rings. The van der Waals surface area contributed by atoms with Crippen molar-refractivity contribution in [3.8, 4) is 11.8 Å². The van der Waals surface area contributed by atoms with Gasteiger partial charge in [-0.05, 0) is 20.8 Å². The van der Waals surface area contributed by atoms with Crippen LogP contribution in [0.2, 0.25) is 0 Å². The van der Waals surface area contributed by atoms with E-state index in [0.29, 0.717) is 11.2 Å². The second-order valence-corrected chi connectivity index (χ2v) is 5.79. The fourth-order valence-electron chi connectivity index (χ4n) is 3.01. The van der Waals surface area contributed by atoms with Gasteiger partial charge in [0.25, 0.3) is 0 Å². The minimum atomic E-state index is -2.07. The van der Waals surface area contributed by atoms with E-state index >= 15 is 4.39 Å². The van der Waals surface area contributed by atoms with Gasteiger partial charge in [0.15, 0.2) is 11.9 Å². The summed E-state index contributed by atoms with van der Waals surface area (Å²) >= 11 is 0. The van der Waals surface area contributed by atoms with Crippen molar-refractivity contribution in [3.05, 3.63) is 23.8 Å². The van der Waals surface area contributed by atoms with Crippen LogP contribution in [0.3, 0.4) is 0 Å². The van der Waals surface area contributed by atoms with Crippen molar-refractivity contribution < 1.29 is 19.3 Å². The summed E-state index contributed by atoms with van der Waals surface area (Å²) in [6.07, 6.45) is -0.492. The van der Waals surface area contributed by atoms with Crippen LogP contribution in [0.1, 0.15) is 31.3 Å². The number of aliphatic hydroxyl groups excluding tert-OH is 2. The van der Waals surface area contributed by atoms with E-state index in [4.69, 9.17) is 4.74 Å². The first kappa shape index (κ1) is 15.9. The minimum Gasteiger partial charge on any atom is -0.394 e. The molecule has 1 aliphatic heterocycles. The number of aliphatic hydroxyl groups is 2. The van der Waals surface area contributed by atoms with Gasteiger partial charge in [0.2, 0.25) is 0 Å². The van der Waals surface area contributed by atoms with E-state index in [0.717, 1.165) is 11.1 Å². The van der Waals surface area contributed by atoms with Crippen LogP contribution in [-0.4, -0.2) is 49.2 Å². The van der Waals surface area contributed by atoms with Crippen molar-refractivity contribution in [1.29, 1.82) is 0 Å². The summed E-state index contributed by atoms with van der Waals surface area (Å²) in [6.45, 7) is 4.32. The lowest BCUT2D eigenvalue weighted by molar-refractivity contribution is -0.0564. The second kappa shape index (κ2) is 5.57. The lowest BCUT2D eigenvalue weighted by atomic mass is 9.98. The molecular weight excluding hydrogens is 301 g/mol. The highest BCUT2D eigenvalue weighted by Gasteiger charge is 2.55. The molecule has 0 radical (unpaired) electrons. The van der Waals surface area contributed by atoms with Crippen molar-refractivity contribution in [3.63, 3.8) is 0 Å². The maximum Gasteiger partial charge on any atom is 0.181 e. The Morgan fingerprint density at radius 1 is 1.48 bits per heavy atom. The molecule has 4 atom stereocenters. The molecule has 0 amide bonds. The number of alkyl halides is 1. The molecule has 0 aromatic carbocycles. The zero-order chi connectivity index (χ0) is 16.8. The number of nitrogens with zero attached hydrogens (tertiary/aromatic N) is 3. The molecule has 1 aliphatic rings. The maximum absolute atomic E-state index is 15.0. The Bertz CT molecular complexity index is 806. The molecule has 3 rings (SSSR count). The average Bonchev–Trinajstić information content (AvgIpc) is 2.97. The van der Waals surface area contributed by atoms with E-state index in [1.807, 2.05) is 6.92 Å². The van der Waals surface area contributed by atoms with Gasteiger partial charge >= 0.3 is 0 Å². The molecule has 0 bridgehead atoms. The standard InChI is InChI=1S/C16H18FN3O3/c1-4-5-10-6-20(14-12(10)9(2)18-8-19-14)15-16(3,17)13(22)11(7-21)23-15/h6,8,11,13,15,21-22H,7H2,1-3H3/t11-,13-,15-,16-/m1/s1. The predicted molar refractivity (Wildman–Crippen MR) is 81.3 cm³/mol. The summed E-state index contributed by atoms with van der Waals surface area (Å²) in [5.41, 5.74) is -0.198. The van der Waals surface area contributed by atoms with Gasteiger partial charge in [0.05, 0.1) is 23.3 Å². The van der Waals surface area contributed by atoms with Crippen LogP contribution in [0.25, 0.3) is 11.0 Å². The highest BCUT2D eigenvalue weighted by molar-refractivity contribution is 5.85. The van der Waals surface area contributed by atoms with Crippen LogP contribution >= 0.6 is 0 Å². The fourth-order valence-corrected chi connectivity index (χ4v) is 3.01. The zero-order valence-electron chi connectivity index (χ0n) is 13.1. The van der Waals surface area contributed by atoms with E-state index in [9.17, 15) is 10.2 Å². The van der Waals surface area contributed by atoms with Gasteiger partial charge in [-0.25, -0.2) is 14.4 Å². The monoisotopic (exact) mass is 319 g/mol. The smallest absolute Gasteiger partial charge is 0.181 e. The summed E-state index contributed by atoms with van der Waals surface area (Å²) in [5, 5.41) is 20.0. The Balaban J connectivity index is 2.21. The van der Waals surface area contributed by atoms with Crippen LogP contribution < -0.4 is 0 Å². The molecule has 6 nitrogen and oxygen atoms in total. The third-order valence-corrected chi connectivity index (χ3v) is 4.21. The largest absolute Gasteiger partial charge is 0.394 e. The third-order valence-electron chi connectivity index (χ3n) is 4.21. The summed E-state index contributed by atoms with van der Waals surface area (Å²) < 4.78 is 22.1. The molecular formula is C16H18FN3O3. The molecule has 7 heteroatoms. The van der Waals surface area contributed by atoms with Crippen molar-refractivity contribution >= 4 is 11.0 Å². The molecule has 0 saturated carbocycles. The third kappa shape index (κ3) is 2.30. The Morgan fingerprint density at radius 2 is 2.22 bits per heavy atom. The number of rotatable bonds is 2. The molecule has 23 heavy (non-hydrogen) atoms. The number of ether oxygens (including phenoxy) is 1. The molecule has 2 aromatic heterocycles. The molecule has 122 valence electrons. The summed E-state index contributed by atoms with van der Waals surface area (Å²) in [4.78, 5) is 8.38. The van der Waals surface area contributed by atoms with Crippen LogP contribution in [0.5, 0.6) is 0 Å². The Labute approximate surface area is 132 Å². The normalized spacial score (nSPS) is 30.4. The zero-order valence-corrected chi connectivity index (χ0v) is 13.1. The van der Waals surface area contributed by atoms with Crippen molar-refractivity contribution in [2.45, 2.75) is 44.9 Å². The van der Waals surface area contributed by atoms with Crippen LogP contribution in [0.4, 0.5) is 4.39 Å². The number of halogens is 1. The quantitative estimate of drug-likeness (QED) is 0.810. The number of hydrogen-bond acceptors (Lipinski definition) is 5. The fraction of sp³-hybridized carbons (Fsp3) is 0.500. The summed E-state index contributed by atoms with van der Waals surface area (Å²) in [5.74, 6) is 5.77. The highest BCUT2D eigenvalue weighted by Crippen LogP contribution is 2.43. The molecule has 1 fully saturated rings. The minimum absolute atomic E-state index is 0.466. The topological polar surface area (TPSA) is 80.4 Å². The lowest BCUT2D eigenvalue weighted by Crippen LogP contribution is -2.40. The summed E-state index contributed by atoms with van der Waals surface area (Å²) in [6, 6.07) is 0. The van der Waals surface area contributed by atoms with Crippen molar-refractivity contribution in [1.82, 2.24) is 14.5 Å². The van der Waals surface area contributed by atoms with Crippen molar-refractivity contribution in [2.24, 2.45) is 0 Å². The molecule has 2 N–H and O–H groups in total. The maximum atomic E-state index is 15.0. The first-order valence-corrected chi connectivity index (χ1v) is 7.30. The number of fused-ring (bicyclic) bond motifs is 1. The number of aromatic nitrogens is 3. The van der Waals surface area contributed by atoms with Crippen molar-refractivity contribution in [2.75, 3.05) is 6.61 Å². The van der Waals surface area contributed by atoms with Crippen LogP contribution in [0.15, 0.2) is 12.5 Å². The predicted octanol–water partition coefficient (Wildman–Crippen LogP) is 1.09. The SMILES string of the molecule is CC#Cc1cn([C@@H]2O[C@H](CO)[C@@H](O)[C@@]2(C)F)c2ncnc(C)c12. The average molecular weight is 319 g/mol. The summed E-state index contributed by atoms with van der Waals surface area (Å²) in [7, 11) is 0. The molecule has 3 heterocycles. The molecule has 0 spiro atoms. The molecule has 0 aliphatic carbocycles. The van der Waals surface area contributed by atoms with Gasteiger partial charge < -0.3 is 19.5 Å². The van der Waals surface area contributed by atoms with Gasteiger partial charge in [-0.3, -0.25) is 0 Å². The first-order valence-electron chi connectivity index (χ1n) is 7.30. The Kier molecular flexibility index (Phi) is 3.84. The van der Waals surface area contributed by atoms with E-state index in [1.165, 1.54) is 17.8 Å².